The molecule has 0 spiro atoms. The standard InChI is InChI=1S/C21H19Cl2NO3S/c1-3-13(2)27-16-7-4-14(5-8-16)11-19-20(25)24(21(26)28-19)12-15-6-9-17(22)18(23)10-15/h4-11,13H,3,12H2,1-2H3/b19-11-/t13-/m0/s1. The van der Waals surface area contributed by atoms with Gasteiger partial charge in [-0.25, -0.2) is 0 Å². The van der Waals surface area contributed by atoms with E-state index in [1.54, 1.807) is 24.3 Å². The molecule has 1 aliphatic heterocycles. The van der Waals surface area contributed by atoms with Gasteiger partial charge in [-0.05, 0) is 66.6 Å². The molecular weight excluding hydrogens is 417 g/mol. The molecule has 1 atom stereocenters. The Bertz CT molecular complexity index is 928. The van der Waals surface area contributed by atoms with Gasteiger partial charge in [0.05, 0.1) is 27.6 Å². The van der Waals surface area contributed by atoms with Gasteiger partial charge >= 0.3 is 0 Å². The van der Waals surface area contributed by atoms with Gasteiger partial charge in [-0.1, -0.05) is 48.3 Å². The lowest BCUT2D eigenvalue weighted by atomic mass is 10.2. The Morgan fingerprint density at radius 1 is 1.11 bits per heavy atom. The summed E-state index contributed by atoms with van der Waals surface area (Å²) in [5.74, 6) is 0.459. The average Bonchev–Trinajstić information content (AvgIpc) is 2.93. The molecule has 2 aromatic rings. The number of carbonyl (C=O) groups excluding carboxylic acids is 2. The van der Waals surface area contributed by atoms with Gasteiger partial charge < -0.3 is 4.74 Å². The Hall–Kier alpha value is -1.95. The van der Waals surface area contributed by atoms with Crippen molar-refractivity contribution < 1.29 is 14.3 Å². The van der Waals surface area contributed by atoms with E-state index in [9.17, 15) is 9.59 Å². The number of benzene rings is 2. The van der Waals surface area contributed by atoms with E-state index in [-0.39, 0.29) is 23.8 Å². The molecule has 0 saturated carbocycles. The summed E-state index contributed by atoms with van der Waals surface area (Å²) in [4.78, 5) is 26.6. The average molecular weight is 436 g/mol. The molecule has 2 aromatic carbocycles. The van der Waals surface area contributed by atoms with Crippen LogP contribution in [0.4, 0.5) is 4.79 Å². The van der Waals surface area contributed by atoms with Crippen molar-refractivity contribution in [3.05, 3.63) is 68.5 Å². The highest BCUT2D eigenvalue weighted by atomic mass is 35.5. The first-order valence-electron chi connectivity index (χ1n) is 8.83. The molecule has 0 bridgehead atoms. The van der Waals surface area contributed by atoms with Crippen LogP contribution in [0.5, 0.6) is 5.75 Å². The predicted octanol–water partition coefficient (Wildman–Crippen LogP) is 6.41. The zero-order chi connectivity index (χ0) is 20.3. The van der Waals surface area contributed by atoms with Gasteiger partial charge in [-0.2, -0.15) is 0 Å². The zero-order valence-corrected chi connectivity index (χ0v) is 17.8. The van der Waals surface area contributed by atoms with E-state index in [0.717, 1.165) is 35.1 Å². The Labute approximate surface area is 178 Å². The third-order valence-electron chi connectivity index (χ3n) is 4.29. The van der Waals surface area contributed by atoms with Crippen molar-refractivity contribution >= 4 is 52.2 Å². The number of hydrogen-bond acceptors (Lipinski definition) is 4. The third-order valence-corrected chi connectivity index (χ3v) is 5.93. The third kappa shape index (κ3) is 4.90. The van der Waals surface area contributed by atoms with Crippen LogP contribution in [0.25, 0.3) is 6.08 Å². The normalized spacial score (nSPS) is 16.7. The van der Waals surface area contributed by atoms with Gasteiger partial charge in [-0.15, -0.1) is 0 Å². The molecule has 4 nitrogen and oxygen atoms in total. The van der Waals surface area contributed by atoms with Crippen LogP contribution in [0.15, 0.2) is 47.4 Å². The lowest BCUT2D eigenvalue weighted by Crippen LogP contribution is -2.27. The fourth-order valence-electron chi connectivity index (χ4n) is 2.57. The van der Waals surface area contributed by atoms with Gasteiger partial charge in [0.25, 0.3) is 11.1 Å². The number of ether oxygens (including phenoxy) is 1. The highest BCUT2D eigenvalue weighted by molar-refractivity contribution is 8.18. The van der Waals surface area contributed by atoms with Crippen LogP contribution in [0, 0.1) is 0 Å². The van der Waals surface area contributed by atoms with Crippen LogP contribution in [0.2, 0.25) is 10.0 Å². The number of amides is 2. The lowest BCUT2D eigenvalue weighted by molar-refractivity contribution is -0.123. The van der Waals surface area contributed by atoms with Crippen molar-refractivity contribution in [1.82, 2.24) is 4.90 Å². The van der Waals surface area contributed by atoms with Gasteiger partial charge in [0, 0.05) is 0 Å². The molecule has 28 heavy (non-hydrogen) atoms. The summed E-state index contributed by atoms with van der Waals surface area (Å²) >= 11 is 12.9. The lowest BCUT2D eigenvalue weighted by Gasteiger charge is -2.13. The Kier molecular flexibility index (Phi) is 6.70. The molecule has 146 valence electrons. The van der Waals surface area contributed by atoms with Crippen molar-refractivity contribution in [1.29, 1.82) is 0 Å². The summed E-state index contributed by atoms with van der Waals surface area (Å²) in [7, 11) is 0. The minimum Gasteiger partial charge on any atom is -0.491 e. The maximum atomic E-state index is 12.7. The quantitative estimate of drug-likeness (QED) is 0.491. The van der Waals surface area contributed by atoms with Crippen LogP contribution < -0.4 is 4.74 Å². The van der Waals surface area contributed by atoms with Crippen molar-refractivity contribution in [3.8, 4) is 5.75 Å². The summed E-state index contributed by atoms with van der Waals surface area (Å²) in [6.07, 6.45) is 2.78. The van der Waals surface area contributed by atoms with Crippen LogP contribution in [0.3, 0.4) is 0 Å². The van der Waals surface area contributed by atoms with Crippen LogP contribution in [-0.4, -0.2) is 22.2 Å². The van der Waals surface area contributed by atoms with Gasteiger partial charge in [0.2, 0.25) is 0 Å². The molecule has 0 N–H and O–H groups in total. The van der Waals surface area contributed by atoms with Crippen LogP contribution in [0.1, 0.15) is 31.4 Å². The molecule has 0 aromatic heterocycles. The summed E-state index contributed by atoms with van der Waals surface area (Å²) in [6, 6.07) is 12.5. The number of carbonyl (C=O) groups is 2. The maximum absolute atomic E-state index is 12.7. The maximum Gasteiger partial charge on any atom is 0.293 e. The van der Waals surface area contributed by atoms with E-state index >= 15 is 0 Å². The smallest absolute Gasteiger partial charge is 0.293 e. The Morgan fingerprint density at radius 3 is 2.46 bits per heavy atom. The van der Waals surface area contributed by atoms with E-state index in [4.69, 9.17) is 27.9 Å². The number of halogens is 2. The fraction of sp³-hybridized carbons (Fsp3) is 0.238. The largest absolute Gasteiger partial charge is 0.491 e. The number of rotatable bonds is 6. The van der Waals surface area contributed by atoms with Crippen LogP contribution >= 0.6 is 35.0 Å². The second-order valence-corrected chi connectivity index (χ2v) is 8.23. The summed E-state index contributed by atoms with van der Waals surface area (Å²) in [6.45, 7) is 4.23. The number of nitrogens with zero attached hydrogens (tertiary/aromatic N) is 1. The van der Waals surface area contributed by atoms with E-state index in [2.05, 4.69) is 6.92 Å². The van der Waals surface area contributed by atoms with E-state index in [1.165, 1.54) is 4.90 Å². The molecule has 0 radical (unpaired) electrons. The summed E-state index contributed by atoms with van der Waals surface area (Å²) < 4.78 is 5.75. The van der Waals surface area contributed by atoms with Crippen molar-refractivity contribution in [2.75, 3.05) is 0 Å². The molecule has 1 aliphatic rings. The second-order valence-electron chi connectivity index (χ2n) is 6.42. The predicted molar refractivity (Wildman–Crippen MR) is 115 cm³/mol. The topological polar surface area (TPSA) is 46.6 Å². The van der Waals surface area contributed by atoms with Crippen LogP contribution in [-0.2, 0) is 11.3 Å². The van der Waals surface area contributed by atoms with E-state index in [0.29, 0.717) is 15.0 Å². The first-order valence-corrected chi connectivity index (χ1v) is 10.4. The molecule has 0 unspecified atom stereocenters. The Morgan fingerprint density at radius 2 is 1.82 bits per heavy atom. The van der Waals surface area contributed by atoms with E-state index in [1.807, 2.05) is 31.2 Å². The molecule has 0 aliphatic carbocycles. The molecule has 1 saturated heterocycles. The van der Waals surface area contributed by atoms with Crippen molar-refractivity contribution in [2.24, 2.45) is 0 Å². The Balaban J connectivity index is 1.72. The summed E-state index contributed by atoms with van der Waals surface area (Å²) in [5, 5.41) is 0.514. The first kappa shape index (κ1) is 20.8. The molecule has 1 heterocycles. The second kappa shape index (κ2) is 9.03. The molecule has 2 amide bonds. The minimum atomic E-state index is -0.319. The number of hydrogen-bond donors (Lipinski definition) is 0. The van der Waals surface area contributed by atoms with Gasteiger partial charge in [0.1, 0.15) is 5.75 Å². The highest BCUT2D eigenvalue weighted by Gasteiger charge is 2.35. The molecule has 3 rings (SSSR count). The summed E-state index contributed by atoms with van der Waals surface area (Å²) in [5.41, 5.74) is 1.57. The number of imide groups is 1. The van der Waals surface area contributed by atoms with Crippen molar-refractivity contribution in [2.45, 2.75) is 32.9 Å². The van der Waals surface area contributed by atoms with Gasteiger partial charge in [-0.3, -0.25) is 14.5 Å². The molecule has 7 heteroatoms. The first-order chi connectivity index (χ1) is 13.4. The zero-order valence-electron chi connectivity index (χ0n) is 15.4. The molecule has 1 fully saturated rings. The highest BCUT2D eigenvalue weighted by Crippen LogP contribution is 2.34. The van der Waals surface area contributed by atoms with Crippen molar-refractivity contribution in [3.63, 3.8) is 0 Å². The van der Waals surface area contributed by atoms with E-state index < -0.39 is 0 Å². The molecular formula is C21H19Cl2NO3S. The SMILES string of the molecule is CC[C@H](C)Oc1ccc(/C=C2\SC(=O)N(Cc3ccc(Cl)c(Cl)c3)C2=O)cc1. The number of thioether (sulfide) groups is 1. The fourth-order valence-corrected chi connectivity index (χ4v) is 3.73. The van der Waals surface area contributed by atoms with Gasteiger partial charge in [0.15, 0.2) is 0 Å². The minimum absolute atomic E-state index is 0.142. The monoisotopic (exact) mass is 435 g/mol.